The number of hydrogen-bond donors (Lipinski definition) is 1. The highest BCUT2D eigenvalue weighted by atomic mass is 79.9. The van der Waals surface area contributed by atoms with Crippen LogP contribution in [0.4, 0.5) is 5.69 Å². The van der Waals surface area contributed by atoms with Crippen LogP contribution >= 0.6 is 15.9 Å². The summed E-state index contributed by atoms with van der Waals surface area (Å²) in [5.74, 6) is -0.110. The number of aryl methyl sites for hydroxylation is 3. The lowest BCUT2D eigenvalue weighted by atomic mass is 10.1. The molecule has 112 valence electrons. The number of nitrogens with one attached hydrogen (secondary N) is 1. The number of anilines is 1. The minimum atomic E-state index is -0.110. The van der Waals surface area contributed by atoms with Gasteiger partial charge in [-0.1, -0.05) is 29.8 Å². The number of halogens is 1. The molecule has 1 aromatic carbocycles. The van der Waals surface area contributed by atoms with E-state index in [0.717, 1.165) is 34.3 Å². The molecule has 2 aromatic rings. The minimum Gasteiger partial charge on any atom is -0.320 e. The standard InChI is InChI=1S/C16H20BrN3O/c1-4-11-9-12(17)7-8-14(11)18-16(21)15-10-13(5-2)19-20(15)6-3/h7-10H,4-6H2,1-3H3,(H,18,21). The predicted molar refractivity (Wildman–Crippen MR) is 88.8 cm³/mol. The predicted octanol–water partition coefficient (Wildman–Crippen LogP) is 4.04. The Morgan fingerprint density at radius 2 is 2.00 bits per heavy atom. The van der Waals surface area contributed by atoms with Gasteiger partial charge in [0, 0.05) is 16.7 Å². The van der Waals surface area contributed by atoms with E-state index >= 15 is 0 Å². The van der Waals surface area contributed by atoms with Gasteiger partial charge in [0.15, 0.2) is 0 Å². The Hall–Kier alpha value is -1.62. The van der Waals surface area contributed by atoms with Crippen molar-refractivity contribution in [2.45, 2.75) is 40.2 Å². The summed E-state index contributed by atoms with van der Waals surface area (Å²) < 4.78 is 2.77. The van der Waals surface area contributed by atoms with E-state index < -0.39 is 0 Å². The quantitative estimate of drug-likeness (QED) is 0.885. The van der Waals surface area contributed by atoms with Crippen LogP contribution < -0.4 is 5.32 Å². The Morgan fingerprint density at radius 3 is 2.62 bits per heavy atom. The van der Waals surface area contributed by atoms with Crippen LogP contribution in [0, 0.1) is 0 Å². The number of benzene rings is 1. The summed E-state index contributed by atoms with van der Waals surface area (Å²) in [5.41, 5.74) is 3.51. The van der Waals surface area contributed by atoms with Gasteiger partial charge in [0.1, 0.15) is 5.69 Å². The van der Waals surface area contributed by atoms with Crippen LogP contribution in [0.1, 0.15) is 42.5 Å². The third kappa shape index (κ3) is 3.53. The van der Waals surface area contributed by atoms with Crippen LogP contribution in [0.2, 0.25) is 0 Å². The highest BCUT2D eigenvalue weighted by Gasteiger charge is 2.15. The Balaban J connectivity index is 2.27. The molecule has 0 aliphatic heterocycles. The first-order chi connectivity index (χ1) is 10.1. The fourth-order valence-electron chi connectivity index (χ4n) is 2.23. The van der Waals surface area contributed by atoms with E-state index in [2.05, 4.69) is 33.3 Å². The Morgan fingerprint density at radius 1 is 1.24 bits per heavy atom. The van der Waals surface area contributed by atoms with Crippen molar-refractivity contribution in [2.24, 2.45) is 0 Å². The lowest BCUT2D eigenvalue weighted by molar-refractivity contribution is 0.101. The summed E-state index contributed by atoms with van der Waals surface area (Å²) in [4.78, 5) is 12.5. The van der Waals surface area contributed by atoms with Crippen LogP contribution in [0.15, 0.2) is 28.7 Å². The third-order valence-corrected chi connectivity index (χ3v) is 3.91. The Labute approximate surface area is 133 Å². The van der Waals surface area contributed by atoms with Crippen LogP contribution in [0.5, 0.6) is 0 Å². The molecule has 0 atom stereocenters. The molecular formula is C16H20BrN3O. The van der Waals surface area contributed by atoms with Crippen molar-refractivity contribution in [3.8, 4) is 0 Å². The van der Waals surface area contributed by atoms with Gasteiger partial charge in [-0.05, 0) is 49.6 Å². The molecule has 0 radical (unpaired) electrons. The zero-order valence-electron chi connectivity index (χ0n) is 12.6. The van der Waals surface area contributed by atoms with Crippen LogP contribution in [-0.4, -0.2) is 15.7 Å². The van der Waals surface area contributed by atoms with E-state index in [9.17, 15) is 4.79 Å². The molecule has 1 amide bonds. The number of carbonyl (C=O) groups excluding carboxylic acids is 1. The van der Waals surface area contributed by atoms with Crippen molar-refractivity contribution in [3.05, 3.63) is 45.7 Å². The van der Waals surface area contributed by atoms with Crippen LogP contribution in [-0.2, 0) is 19.4 Å². The van der Waals surface area contributed by atoms with E-state index in [0.29, 0.717) is 12.2 Å². The molecular weight excluding hydrogens is 330 g/mol. The molecule has 5 heteroatoms. The second-order valence-corrected chi connectivity index (χ2v) is 5.72. The second kappa shape index (κ2) is 6.89. The monoisotopic (exact) mass is 349 g/mol. The van der Waals surface area contributed by atoms with Crippen molar-refractivity contribution in [3.63, 3.8) is 0 Å². The minimum absolute atomic E-state index is 0.110. The first-order valence-corrected chi connectivity index (χ1v) is 8.04. The highest BCUT2D eigenvalue weighted by molar-refractivity contribution is 9.10. The summed E-state index contributed by atoms with van der Waals surface area (Å²) in [6.45, 7) is 6.78. The number of amides is 1. The van der Waals surface area contributed by atoms with Crippen molar-refractivity contribution in [2.75, 3.05) is 5.32 Å². The normalized spacial score (nSPS) is 10.7. The molecule has 0 saturated heterocycles. The molecule has 1 aromatic heterocycles. The SMILES string of the molecule is CCc1cc(C(=O)Nc2ccc(Br)cc2CC)n(CC)n1. The van der Waals surface area contributed by atoms with Crippen molar-refractivity contribution in [1.29, 1.82) is 0 Å². The van der Waals surface area contributed by atoms with Gasteiger partial charge in [-0.15, -0.1) is 0 Å². The average molecular weight is 350 g/mol. The number of carbonyl (C=O) groups is 1. The molecule has 0 fully saturated rings. The van der Waals surface area contributed by atoms with Crippen molar-refractivity contribution in [1.82, 2.24) is 9.78 Å². The van der Waals surface area contributed by atoms with Gasteiger partial charge in [-0.3, -0.25) is 9.48 Å². The summed E-state index contributed by atoms with van der Waals surface area (Å²) in [5, 5.41) is 7.41. The number of rotatable bonds is 5. The summed E-state index contributed by atoms with van der Waals surface area (Å²) in [6, 6.07) is 7.76. The molecule has 0 unspecified atom stereocenters. The molecule has 1 heterocycles. The van der Waals surface area contributed by atoms with Crippen LogP contribution in [0.3, 0.4) is 0 Å². The molecule has 21 heavy (non-hydrogen) atoms. The first-order valence-electron chi connectivity index (χ1n) is 7.25. The Kier molecular flexibility index (Phi) is 5.17. The lowest BCUT2D eigenvalue weighted by Crippen LogP contribution is -2.18. The molecule has 4 nitrogen and oxygen atoms in total. The van der Waals surface area contributed by atoms with Gasteiger partial charge in [0.05, 0.1) is 5.69 Å². The van der Waals surface area contributed by atoms with E-state index in [1.807, 2.05) is 38.1 Å². The van der Waals surface area contributed by atoms with Gasteiger partial charge in [0.25, 0.3) is 5.91 Å². The van der Waals surface area contributed by atoms with Gasteiger partial charge in [-0.25, -0.2) is 0 Å². The summed E-state index contributed by atoms with van der Waals surface area (Å²) in [7, 11) is 0. The molecule has 1 N–H and O–H groups in total. The number of aromatic nitrogens is 2. The molecule has 2 rings (SSSR count). The molecule has 0 aliphatic carbocycles. The first kappa shape index (κ1) is 15.8. The van der Waals surface area contributed by atoms with Gasteiger partial charge in [-0.2, -0.15) is 5.10 Å². The third-order valence-electron chi connectivity index (χ3n) is 3.42. The second-order valence-electron chi connectivity index (χ2n) is 4.80. The van der Waals surface area contributed by atoms with Gasteiger partial charge in [0.2, 0.25) is 0 Å². The van der Waals surface area contributed by atoms with E-state index in [1.54, 1.807) is 4.68 Å². The molecule has 0 saturated carbocycles. The lowest BCUT2D eigenvalue weighted by Gasteiger charge is -2.11. The average Bonchev–Trinajstić information content (AvgIpc) is 2.92. The van der Waals surface area contributed by atoms with E-state index in [1.165, 1.54) is 0 Å². The smallest absolute Gasteiger partial charge is 0.273 e. The molecule has 0 spiro atoms. The van der Waals surface area contributed by atoms with Crippen molar-refractivity contribution >= 4 is 27.5 Å². The molecule has 0 aliphatic rings. The highest BCUT2D eigenvalue weighted by Crippen LogP contribution is 2.22. The topological polar surface area (TPSA) is 46.9 Å². The maximum Gasteiger partial charge on any atom is 0.273 e. The van der Waals surface area contributed by atoms with E-state index in [4.69, 9.17) is 0 Å². The fraction of sp³-hybridized carbons (Fsp3) is 0.375. The van der Waals surface area contributed by atoms with Crippen molar-refractivity contribution < 1.29 is 4.79 Å². The maximum atomic E-state index is 12.5. The largest absolute Gasteiger partial charge is 0.320 e. The molecule has 0 bridgehead atoms. The Bertz CT molecular complexity index is 649. The fourth-order valence-corrected chi connectivity index (χ4v) is 2.64. The summed E-state index contributed by atoms with van der Waals surface area (Å²) >= 11 is 3.46. The zero-order valence-corrected chi connectivity index (χ0v) is 14.2. The van der Waals surface area contributed by atoms with Crippen LogP contribution in [0.25, 0.3) is 0 Å². The number of nitrogens with zero attached hydrogens (tertiary/aromatic N) is 2. The zero-order chi connectivity index (χ0) is 15.4. The van der Waals surface area contributed by atoms with E-state index in [-0.39, 0.29) is 5.91 Å². The van der Waals surface area contributed by atoms with Gasteiger partial charge >= 0.3 is 0 Å². The maximum absolute atomic E-state index is 12.5. The number of hydrogen-bond acceptors (Lipinski definition) is 2. The van der Waals surface area contributed by atoms with Gasteiger partial charge < -0.3 is 5.32 Å². The summed E-state index contributed by atoms with van der Waals surface area (Å²) in [6.07, 6.45) is 1.69.